The van der Waals surface area contributed by atoms with Gasteiger partial charge in [-0.05, 0) is 25.0 Å². The zero-order valence-electron chi connectivity index (χ0n) is 14.2. The summed E-state index contributed by atoms with van der Waals surface area (Å²) < 4.78 is 5.31. The van der Waals surface area contributed by atoms with Crippen LogP contribution in [0.25, 0.3) is 0 Å². The minimum Gasteiger partial charge on any atom is -0.379 e. The lowest BCUT2D eigenvalue weighted by Gasteiger charge is -2.27. The summed E-state index contributed by atoms with van der Waals surface area (Å²) >= 11 is 0. The van der Waals surface area contributed by atoms with Crippen LogP contribution in [0.2, 0.25) is 0 Å². The Labute approximate surface area is 142 Å². The Morgan fingerprint density at radius 3 is 2.50 bits per heavy atom. The highest BCUT2D eigenvalue weighted by Crippen LogP contribution is 2.47. The predicted molar refractivity (Wildman–Crippen MR) is 91.8 cm³/mol. The van der Waals surface area contributed by atoms with Gasteiger partial charge in [-0.15, -0.1) is 0 Å². The largest absolute Gasteiger partial charge is 0.379 e. The molecule has 0 atom stereocenters. The summed E-state index contributed by atoms with van der Waals surface area (Å²) in [6.45, 7) is 4.67. The molecule has 6 heteroatoms. The molecule has 0 unspecified atom stereocenters. The van der Waals surface area contributed by atoms with Crippen molar-refractivity contribution in [1.29, 1.82) is 0 Å². The third-order valence-corrected chi connectivity index (χ3v) is 4.86. The predicted octanol–water partition coefficient (Wildman–Crippen LogP) is 0.878. The summed E-state index contributed by atoms with van der Waals surface area (Å²) in [7, 11) is 1.73. The molecular weight excluding hydrogens is 306 g/mol. The van der Waals surface area contributed by atoms with Gasteiger partial charge in [-0.3, -0.25) is 14.5 Å². The molecule has 0 aromatic heterocycles. The standard InChI is InChI=1S/C18H25N3O3/c1-20(15-5-3-2-4-6-15)17(23)18(7-8-18)16(22)19-9-10-21-11-13-24-14-12-21/h2-6H,7-14H2,1H3,(H,19,22). The molecule has 0 bridgehead atoms. The summed E-state index contributed by atoms with van der Waals surface area (Å²) in [5, 5.41) is 2.95. The summed E-state index contributed by atoms with van der Waals surface area (Å²) in [4.78, 5) is 29.2. The molecule has 1 N–H and O–H groups in total. The highest BCUT2D eigenvalue weighted by Gasteiger charge is 2.57. The van der Waals surface area contributed by atoms with Crippen molar-refractivity contribution in [1.82, 2.24) is 10.2 Å². The van der Waals surface area contributed by atoms with E-state index >= 15 is 0 Å². The van der Waals surface area contributed by atoms with Gasteiger partial charge in [0.2, 0.25) is 11.8 Å². The van der Waals surface area contributed by atoms with Gasteiger partial charge in [-0.2, -0.15) is 0 Å². The van der Waals surface area contributed by atoms with Crippen molar-refractivity contribution in [2.75, 3.05) is 51.3 Å². The minimum atomic E-state index is -0.865. The number of hydrogen-bond acceptors (Lipinski definition) is 4. The molecule has 1 saturated heterocycles. The molecule has 2 fully saturated rings. The van der Waals surface area contributed by atoms with Crippen molar-refractivity contribution in [2.24, 2.45) is 5.41 Å². The molecule has 1 aromatic carbocycles. The van der Waals surface area contributed by atoms with E-state index in [4.69, 9.17) is 4.74 Å². The molecule has 130 valence electrons. The quantitative estimate of drug-likeness (QED) is 0.786. The SMILES string of the molecule is CN(C(=O)C1(C(=O)NCCN2CCOCC2)CC1)c1ccccc1. The highest BCUT2D eigenvalue weighted by molar-refractivity contribution is 6.13. The highest BCUT2D eigenvalue weighted by atomic mass is 16.5. The number of rotatable bonds is 6. The molecule has 1 heterocycles. The number of anilines is 1. The minimum absolute atomic E-state index is 0.113. The van der Waals surface area contributed by atoms with E-state index in [9.17, 15) is 9.59 Å². The van der Waals surface area contributed by atoms with Gasteiger partial charge in [-0.1, -0.05) is 18.2 Å². The number of para-hydroxylation sites is 1. The molecule has 2 aliphatic rings. The van der Waals surface area contributed by atoms with Crippen molar-refractivity contribution < 1.29 is 14.3 Å². The molecule has 1 aliphatic carbocycles. The Kier molecular flexibility index (Phi) is 5.16. The molecule has 24 heavy (non-hydrogen) atoms. The van der Waals surface area contributed by atoms with Crippen LogP contribution in [0.4, 0.5) is 5.69 Å². The Hall–Kier alpha value is -1.92. The van der Waals surface area contributed by atoms with Crippen molar-refractivity contribution in [3.05, 3.63) is 30.3 Å². The molecule has 3 rings (SSSR count). The molecule has 0 spiro atoms. The van der Waals surface area contributed by atoms with E-state index in [-0.39, 0.29) is 11.8 Å². The molecule has 1 saturated carbocycles. The zero-order chi connectivity index (χ0) is 17.0. The van der Waals surface area contributed by atoms with Gasteiger partial charge in [0.25, 0.3) is 0 Å². The maximum absolute atomic E-state index is 12.8. The van der Waals surface area contributed by atoms with Gasteiger partial charge in [-0.25, -0.2) is 0 Å². The first-order chi connectivity index (χ1) is 11.6. The number of benzene rings is 1. The van der Waals surface area contributed by atoms with E-state index in [0.717, 1.165) is 38.5 Å². The first-order valence-corrected chi connectivity index (χ1v) is 8.55. The maximum atomic E-state index is 12.8. The Bertz CT molecular complexity index is 580. The lowest BCUT2D eigenvalue weighted by Crippen LogP contribution is -2.46. The third-order valence-electron chi connectivity index (χ3n) is 4.86. The van der Waals surface area contributed by atoms with Crippen LogP contribution in [-0.4, -0.2) is 63.2 Å². The Morgan fingerprint density at radius 1 is 1.21 bits per heavy atom. The first kappa shape index (κ1) is 16.9. The van der Waals surface area contributed by atoms with Crippen molar-refractivity contribution >= 4 is 17.5 Å². The van der Waals surface area contributed by atoms with Gasteiger partial charge in [0.1, 0.15) is 5.41 Å². The number of amides is 2. The van der Waals surface area contributed by atoms with E-state index in [1.807, 2.05) is 30.3 Å². The number of carbonyl (C=O) groups excluding carboxylic acids is 2. The van der Waals surface area contributed by atoms with Gasteiger partial charge in [0.15, 0.2) is 0 Å². The van der Waals surface area contributed by atoms with Crippen LogP contribution in [-0.2, 0) is 14.3 Å². The maximum Gasteiger partial charge on any atom is 0.242 e. The molecule has 2 amide bonds. The Balaban J connectivity index is 1.52. The van der Waals surface area contributed by atoms with Crippen LogP contribution >= 0.6 is 0 Å². The van der Waals surface area contributed by atoms with E-state index in [1.54, 1.807) is 11.9 Å². The summed E-state index contributed by atoms with van der Waals surface area (Å²) in [6, 6.07) is 9.45. The molecular formula is C18H25N3O3. The van der Waals surface area contributed by atoms with E-state index in [1.165, 1.54) is 0 Å². The van der Waals surface area contributed by atoms with Crippen LogP contribution in [0.3, 0.4) is 0 Å². The Morgan fingerprint density at radius 2 is 1.88 bits per heavy atom. The molecule has 1 aromatic rings. The van der Waals surface area contributed by atoms with E-state index in [0.29, 0.717) is 19.4 Å². The third kappa shape index (κ3) is 3.60. The number of hydrogen-bond donors (Lipinski definition) is 1. The monoisotopic (exact) mass is 331 g/mol. The summed E-state index contributed by atoms with van der Waals surface area (Å²) in [5.41, 5.74) is -0.0508. The lowest BCUT2D eigenvalue weighted by molar-refractivity contribution is -0.135. The van der Waals surface area contributed by atoms with Crippen LogP contribution in [0.15, 0.2) is 30.3 Å². The average molecular weight is 331 g/mol. The number of morpholine rings is 1. The second-order valence-corrected chi connectivity index (χ2v) is 6.49. The van der Waals surface area contributed by atoms with Crippen LogP contribution in [0.1, 0.15) is 12.8 Å². The van der Waals surface area contributed by atoms with Crippen LogP contribution in [0.5, 0.6) is 0 Å². The normalized spacial score (nSPS) is 19.5. The smallest absolute Gasteiger partial charge is 0.242 e. The van der Waals surface area contributed by atoms with Crippen LogP contribution in [0, 0.1) is 5.41 Å². The zero-order valence-corrected chi connectivity index (χ0v) is 14.2. The number of ether oxygens (including phenoxy) is 1. The van der Waals surface area contributed by atoms with Crippen molar-refractivity contribution in [2.45, 2.75) is 12.8 Å². The van der Waals surface area contributed by atoms with E-state index in [2.05, 4.69) is 10.2 Å². The fourth-order valence-electron chi connectivity index (χ4n) is 3.07. The summed E-state index contributed by atoms with van der Waals surface area (Å²) in [6.07, 6.45) is 1.26. The number of nitrogens with one attached hydrogen (secondary N) is 1. The van der Waals surface area contributed by atoms with Gasteiger partial charge in [0, 0.05) is 38.9 Å². The van der Waals surface area contributed by atoms with Gasteiger partial charge in [0.05, 0.1) is 13.2 Å². The molecule has 1 aliphatic heterocycles. The van der Waals surface area contributed by atoms with Crippen molar-refractivity contribution in [3.8, 4) is 0 Å². The average Bonchev–Trinajstić information content (AvgIpc) is 3.44. The number of carbonyl (C=O) groups is 2. The lowest BCUT2D eigenvalue weighted by atomic mass is 10.0. The first-order valence-electron chi connectivity index (χ1n) is 8.55. The van der Waals surface area contributed by atoms with Crippen LogP contribution < -0.4 is 10.2 Å². The summed E-state index contributed by atoms with van der Waals surface area (Å²) in [5.74, 6) is -0.249. The molecule has 6 nitrogen and oxygen atoms in total. The second kappa shape index (κ2) is 7.32. The van der Waals surface area contributed by atoms with Gasteiger partial charge >= 0.3 is 0 Å². The fourth-order valence-corrected chi connectivity index (χ4v) is 3.07. The topological polar surface area (TPSA) is 61.9 Å². The van der Waals surface area contributed by atoms with E-state index < -0.39 is 5.41 Å². The number of nitrogens with zero attached hydrogens (tertiary/aromatic N) is 2. The van der Waals surface area contributed by atoms with Crippen molar-refractivity contribution in [3.63, 3.8) is 0 Å². The fraction of sp³-hybridized carbons (Fsp3) is 0.556. The second-order valence-electron chi connectivity index (χ2n) is 6.49. The van der Waals surface area contributed by atoms with Gasteiger partial charge < -0.3 is 15.0 Å². The molecule has 0 radical (unpaired) electrons.